The van der Waals surface area contributed by atoms with Gasteiger partial charge in [0, 0.05) is 57.3 Å². The van der Waals surface area contributed by atoms with E-state index in [9.17, 15) is 4.79 Å². The van der Waals surface area contributed by atoms with E-state index in [-0.39, 0.29) is 0 Å². The number of amides is 1. The summed E-state index contributed by atoms with van der Waals surface area (Å²) in [5, 5.41) is 0. The normalized spacial score (nSPS) is 48.6. The molecule has 4 bridgehead atoms. The Morgan fingerprint density at radius 1 is 0.833 bits per heavy atom. The second-order valence-corrected chi connectivity index (χ2v) is 11.1. The van der Waals surface area contributed by atoms with Gasteiger partial charge in [0.15, 0.2) is 0 Å². The first kappa shape index (κ1) is 19.9. The lowest BCUT2D eigenvalue weighted by Gasteiger charge is -2.60. The molecule has 2 heterocycles. The zero-order valence-corrected chi connectivity index (χ0v) is 18.2. The van der Waals surface area contributed by atoms with Crippen molar-refractivity contribution in [3.63, 3.8) is 0 Å². The molecule has 0 N–H and O–H groups in total. The number of likely N-dealkylation sites (N-methyl/N-ethyl adjacent to an activating group) is 1. The zero-order chi connectivity index (χ0) is 20.3. The van der Waals surface area contributed by atoms with Crippen molar-refractivity contribution in [2.75, 3.05) is 33.2 Å². The van der Waals surface area contributed by atoms with Crippen LogP contribution in [0.15, 0.2) is 0 Å². The third kappa shape index (κ3) is 3.32. The van der Waals surface area contributed by atoms with Crippen molar-refractivity contribution >= 4 is 5.91 Å². The van der Waals surface area contributed by atoms with E-state index in [1.165, 1.54) is 32.1 Å². The van der Waals surface area contributed by atoms with Crippen LogP contribution in [0.3, 0.4) is 0 Å². The molecule has 7 heteroatoms. The summed E-state index contributed by atoms with van der Waals surface area (Å²) >= 11 is 0. The summed E-state index contributed by atoms with van der Waals surface area (Å²) in [7, 11) is 2.12. The monoisotopic (exact) mass is 420 g/mol. The lowest BCUT2D eigenvalue weighted by Crippen LogP contribution is -2.64. The second kappa shape index (κ2) is 7.41. The van der Waals surface area contributed by atoms with Crippen LogP contribution in [0.25, 0.3) is 0 Å². The fourth-order valence-corrected chi connectivity index (χ4v) is 7.34. The molecular formula is C23H36N2O5. The minimum Gasteiger partial charge on any atom is -0.340 e. The quantitative estimate of drug-likeness (QED) is 0.640. The number of piperazine rings is 1. The molecule has 0 radical (unpaired) electrons. The Bertz CT molecular complexity index is 629. The molecule has 2 spiro atoms. The summed E-state index contributed by atoms with van der Waals surface area (Å²) in [4.78, 5) is 41.3. The minimum absolute atomic E-state index is 0.301. The summed E-state index contributed by atoms with van der Waals surface area (Å²) in [5.41, 5.74) is 0. The van der Waals surface area contributed by atoms with Gasteiger partial charge in [-0.1, -0.05) is 0 Å². The molecule has 0 aromatic heterocycles. The average Bonchev–Trinajstić information content (AvgIpc) is 2.75. The smallest absolute Gasteiger partial charge is 0.239 e. The summed E-state index contributed by atoms with van der Waals surface area (Å²) < 4.78 is 0. The molecule has 0 aromatic rings. The van der Waals surface area contributed by atoms with Crippen LogP contribution in [0.5, 0.6) is 0 Å². The van der Waals surface area contributed by atoms with E-state index >= 15 is 0 Å². The molecule has 0 aromatic carbocycles. The van der Waals surface area contributed by atoms with Crippen LogP contribution in [0.2, 0.25) is 0 Å². The van der Waals surface area contributed by atoms with Gasteiger partial charge in [0.1, 0.15) is 0 Å². The van der Waals surface area contributed by atoms with Gasteiger partial charge in [-0.2, -0.15) is 19.6 Å². The number of carbonyl (C=O) groups is 1. The van der Waals surface area contributed by atoms with Gasteiger partial charge in [0.2, 0.25) is 17.5 Å². The van der Waals surface area contributed by atoms with E-state index in [2.05, 4.69) is 11.9 Å². The molecule has 2 saturated heterocycles. The third-order valence-corrected chi connectivity index (χ3v) is 9.11. The summed E-state index contributed by atoms with van der Waals surface area (Å²) in [6.07, 6.45) is 10.0. The summed E-state index contributed by atoms with van der Waals surface area (Å²) in [6, 6.07) is 0. The van der Waals surface area contributed by atoms with E-state index < -0.39 is 11.6 Å². The fraction of sp³-hybridized carbons (Fsp3) is 0.957. The molecule has 168 valence electrons. The zero-order valence-electron chi connectivity index (χ0n) is 18.2. The third-order valence-electron chi connectivity index (χ3n) is 9.11. The van der Waals surface area contributed by atoms with Crippen LogP contribution in [-0.2, 0) is 24.3 Å². The Morgan fingerprint density at radius 3 is 1.97 bits per heavy atom. The number of carbonyl (C=O) groups excluding carboxylic acids is 1. The lowest BCUT2D eigenvalue weighted by atomic mass is 9.53. The lowest BCUT2D eigenvalue weighted by molar-refractivity contribution is -0.680. The summed E-state index contributed by atoms with van der Waals surface area (Å²) in [5.74, 6) is 1.73. The van der Waals surface area contributed by atoms with Crippen molar-refractivity contribution in [2.45, 2.75) is 75.8 Å². The van der Waals surface area contributed by atoms with Crippen molar-refractivity contribution in [3.8, 4) is 0 Å². The van der Waals surface area contributed by atoms with Crippen molar-refractivity contribution in [3.05, 3.63) is 0 Å². The summed E-state index contributed by atoms with van der Waals surface area (Å²) in [6.45, 7) is 3.65. The van der Waals surface area contributed by atoms with Gasteiger partial charge >= 0.3 is 0 Å². The number of hydrogen-bond donors (Lipinski definition) is 0. The van der Waals surface area contributed by atoms with Gasteiger partial charge in [0.25, 0.3) is 0 Å². The molecule has 1 amide bonds. The Kier molecular flexibility index (Phi) is 4.92. The van der Waals surface area contributed by atoms with Crippen molar-refractivity contribution in [1.29, 1.82) is 0 Å². The van der Waals surface area contributed by atoms with Gasteiger partial charge in [0.05, 0.1) is 0 Å². The molecule has 7 aliphatic rings. The van der Waals surface area contributed by atoms with Crippen molar-refractivity contribution in [1.82, 2.24) is 9.80 Å². The van der Waals surface area contributed by atoms with Gasteiger partial charge in [-0.3, -0.25) is 4.79 Å². The highest BCUT2D eigenvalue weighted by Crippen LogP contribution is 2.61. The standard InChI is InChI=1S/C23H36N2O5/c1-24-6-8-25(9-7-24)21(26)15-16-2-4-22(5-3-16)27-29-23(30-28-22)19-11-17-10-18(13-19)14-20(23)12-17/h16-20H,2-15H2,1H3. The number of nitrogens with zero attached hydrogens (tertiary/aromatic N) is 2. The van der Waals surface area contributed by atoms with E-state index in [0.717, 1.165) is 63.7 Å². The van der Waals surface area contributed by atoms with Gasteiger partial charge < -0.3 is 9.80 Å². The average molecular weight is 421 g/mol. The van der Waals surface area contributed by atoms with Gasteiger partial charge in [-0.15, -0.1) is 0 Å². The molecule has 5 saturated carbocycles. The van der Waals surface area contributed by atoms with E-state index in [4.69, 9.17) is 19.6 Å². The highest BCUT2D eigenvalue weighted by molar-refractivity contribution is 5.76. The SMILES string of the molecule is CN1CCN(C(=O)CC2CCC3(CC2)OOC2(OO3)C3CC4CC(C3)CC2C4)CC1. The molecule has 7 rings (SSSR count). The molecule has 30 heavy (non-hydrogen) atoms. The molecule has 0 unspecified atom stereocenters. The topological polar surface area (TPSA) is 60.5 Å². The largest absolute Gasteiger partial charge is 0.340 e. The van der Waals surface area contributed by atoms with Crippen LogP contribution in [0.1, 0.15) is 64.2 Å². The Morgan fingerprint density at radius 2 is 1.40 bits per heavy atom. The predicted octanol–water partition coefficient (Wildman–Crippen LogP) is 3.10. The molecule has 0 atom stereocenters. The highest BCUT2D eigenvalue weighted by atomic mass is 17.4. The highest BCUT2D eigenvalue weighted by Gasteiger charge is 2.64. The molecule has 7 nitrogen and oxygen atoms in total. The fourth-order valence-electron chi connectivity index (χ4n) is 7.34. The first-order valence-electron chi connectivity index (χ1n) is 12.2. The number of hydrogen-bond acceptors (Lipinski definition) is 6. The molecule has 5 aliphatic carbocycles. The van der Waals surface area contributed by atoms with E-state index in [0.29, 0.717) is 30.1 Å². The maximum absolute atomic E-state index is 12.7. The van der Waals surface area contributed by atoms with E-state index in [1.807, 2.05) is 4.90 Å². The van der Waals surface area contributed by atoms with Gasteiger partial charge in [-0.05, 0) is 69.7 Å². The maximum Gasteiger partial charge on any atom is 0.239 e. The predicted molar refractivity (Wildman–Crippen MR) is 107 cm³/mol. The van der Waals surface area contributed by atoms with Crippen molar-refractivity contribution in [2.24, 2.45) is 29.6 Å². The second-order valence-electron chi connectivity index (χ2n) is 11.1. The Hall–Kier alpha value is -0.730. The molecular weight excluding hydrogens is 384 g/mol. The first-order chi connectivity index (χ1) is 14.5. The molecule has 2 aliphatic heterocycles. The van der Waals surface area contributed by atoms with Gasteiger partial charge in [-0.25, -0.2) is 0 Å². The van der Waals surface area contributed by atoms with E-state index in [1.54, 1.807) is 0 Å². The van der Waals surface area contributed by atoms with Crippen molar-refractivity contribution < 1.29 is 24.3 Å². The van der Waals surface area contributed by atoms with Crippen LogP contribution >= 0.6 is 0 Å². The number of rotatable bonds is 2. The van der Waals surface area contributed by atoms with Crippen LogP contribution < -0.4 is 0 Å². The van der Waals surface area contributed by atoms with Crippen LogP contribution in [-0.4, -0.2) is 60.5 Å². The Balaban J connectivity index is 1.02. The van der Waals surface area contributed by atoms with Crippen LogP contribution in [0, 0.1) is 29.6 Å². The Labute approximate surface area is 179 Å². The first-order valence-corrected chi connectivity index (χ1v) is 12.2. The minimum atomic E-state index is -0.784. The van der Waals surface area contributed by atoms with Crippen LogP contribution in [0.4, 0.5) is 0 Å². The molecule has 7 fully saturated rings. The maximum atomic E-state index is 12.7.